The summed E-state index contributed by atoms with van der Waals surface area (Å²) in [5.41, 5.74) is 9.79. The van der Waals surface area contributed by atoms with Crippen molar-refractivity contribution in [2.75, 3.05) is 0 Å². The molecule has 0 saturated heterocycles. The number of nitrogens with two attached hydrogens (primary N) is 1. The summed E-state index contributed by atoms with van der Waals surface area (Å²) < 4.78 is 1.25. The third-order valence-corrected chi connectivity index (χ3v) is 3.60. The highest BCUT2D eigenvalue weighted by Crippen LogP contribution is 2.29. The van der Waals surface area contributed by atoms with Gasteiger partial charge in [0.05, 0.1) is 0 Å². The minimum Gasteiger partial charge on any atom is -0.324 e. The Morgan fingerprint density at radius 1 is 0.938 bits per heavy atom. The Morgan fingerprint density at radius 2 is 1.44 bits per heavy atom. The molecule has 1 atom stereocenters. The summed E-state index contributed by atoms with van der Waals surface area (Å²) in [5, 5.41) is 0. The lowest BCUT2D eigenvalue weighted by Crippen LogP contribution is -2.06. The molecule has 0 aromatic heterocycles. The molecule has 0 bridgehead atoms. The maximum atomic E-state index is 5.71. The first kappa shape index (κ1) is 11.6. The van der Waals surface area contributed by atoms with Gasteiger partial charge in [0, 0.05) is 9.61 Å². The Bertz CT molecular complexity index is 453. The molecule has 0 spiro atoms. The van der Waals surface area contributed by atoms with Crippen LogP contribution in [0.15, 0.2) is 48.5 Å². The summed E-state index contributed by atoms with van der Waals surface area (Å²) in [6.07, 6.45) is 0. The van der Waals surface area contributed by atoms with Gasteiger partial charge in [-0.25, -0.2) is 0 Å². The van der Waals surface area contributed by atoms with E-state index in [-0.39, 0.29) is 6.04 Å². The molecule has 3 rings (SSSR count). The van der Waals surface area contributed by atoms with Crippen LogP contribution in [0.5, 0.6) is 0 Å². The molecular formula is C14H14IN. The van der Waals surface area contributed by atoms with Crippen LogP contribution in [-0.4, -0.2) is 0 Å². The maximum Gasteiger partial charge on any atom is 0.0276 e. The molecule has 16 heavy (non-hydrogen) atoms. The molecule has 0 radical (unpaired) electrons. The molecule has 1 aromatic carbocycles. The molecule has 0 heterocycles. The Kier molecular flexibility index (Phi) is 3.61. The lowest BCUT2D eigenvalue weighted by Gasteiger charge is -2.10. The number of fused-ring (bicyclic) bond motifs is 1. The minimum atomic E-state index is 0.146. The zero-order valence-electron chi connectivity index (χ0n) is 9.15. The van der Waals surface area contributed by atoms with Crippen LogP contribution in [0.2, 0.25) is 0 Å². The van der Waals surface area contributed by atoms with Crippen LogP contribution in [-0.2, 0) is 0 Å². The number of rotatable bonds is 1. The summed E-state index contributed by atoms with van der Waals surface area (Å²) in [4.78, 5) is 0. The number of hydrogen-bond acceptors (Lipinski definition) is 1. The van der Waals surface area contributed by atoms with E-state index in [4.69, 9.17) is 5.73 Å². The van der Waals surface area contributed by atoms with Gasteiger partial charge in [-0.3, -0.25) is 0 Å². The van der Waals surface area contributed by atoms with Crippen molar-refractivity contribution in [2.45, 2.75) is 13.0 Å². The van der Waals surface area contributed by atoms with E-state index in [1.54, 1.807) is 0 Å². The number of benzene rings is 2. The van der Waals surface area contributed by atoms with Gasteiger partial charge in [-0.1, -0.05) is 42.5 Å². The molecule has 2 heteroatoms. The third kappa shape index (κ3) is 2.44. The molecule has 2 N–H and O–H groups in total. The average Bonchev–Trinajstić information content (AvgIpc) is 2.24. The van der Waals surface area contributed by atoms with Crippen LogP contribution in [0, 0.1) is 3.57 Å². The normalized spacial score (nSPS) is 12.4. The Hall–Kier alpha value is -0.870. The standard InChI is InChI=1S/C8H10IN.C6H4/c1-6(10)7-4-2-3-5-8(7)9;1-2-6-4-3-5(1)6/h2-6H,10H2,1H3;1-4H. The third-order valence-electron chi connectivity index (χ3n) is 2.61. The van der Waals surface area contributed by atoms with Crippen LogP contribution in [0.3, 0.4) is 0 Å². The van der Waals surface area contributed by atoms with Crippen LogP contribution in [0.4, 0.5) is 0 Å². The van der Waals surface area contributed by atoms with Crippen LogP contribution in [0.25, 0.3) is 11.1 Å². The molecule has 0 amide bonds. The van der Waals surface area contributed by atoms with Crippen molar-refractivity contribution >= 4 is 22.6 Å². The summed E-state index contributed by atoms with van der Waals surface area (Å²) in [6, 6.07) is 16.8. The van der Waals surface area contributed by atoms with Gasteiger partial charge >= 0.3 is 0 Å². The zero-order chi connectivity index (χ0) is 11.5. The molecule has 82 valence electrons. The largest absolute Gasteiger partial charge is 0.324 e. The summed E-state index contributed by atoms with van der Waals surface area (Å²) in [6.45, 7) is 2.00. The van der Waals surface area contributed by atoms with Crippen molar-refractivity contribution in [2.24, 2.45) is 5.73 Å². The fourth-order valence-corrected chi connectivity index (χ4v) is 2.39. The lowest BCUT2D eigenvalue weighted by atomic mass is 9.95. The molecular weight excluding hydrogens is 309 g/mol. The summed E-state index contributed by atoms with van der Waals surface area (Å²) >= 11 is 2.30. The van der Waals surface area contributed by atoms with E-state index in [0.29, 0.717) is 0 Å². The SMILES string of the molecule is CC(N)c1ccccc1I.c1cc2ccc1-2. The van der Waals surface area contributed by atoms with Crippen LogP contribution in [0.1, 0.15) is 18.5 Å². The van der Waals surface area contributed by atoms with Crippen molar-refractivity contribution in [3.05, 3.63) is 57.7 Å². The van der Waals surface area contributed by atoms with Gasteiger partial charge in [-0.05, 0) is 52.3 Å². The van der Waals surface area contributed by atoms with E-state index in [2.05, 4.69) is 59.0 Å². The van der Waals surface area contributed by atoms with E-state index in [9.17, 15) is 0 Å². The second kappa shape index (κ2) is 4.97. The van der Waals surface area contributed by atoms with Gasteiger partial charge in [0.1, 0.15) is 0 Å². The highest BCUT2D eigenvalue weighted by molar-refractivity contribution is 14.1. The van der Waals surface area contributed by atoms with Gasteiger partial charge in [0.2, 0.25) is 0 Å². The van der Waals surface area contributed by atoms with E-state index in [1.807, 2.05) is 19.1 Å². The van der Waals surface area contributed by atoms with Crippen molar-refractivity contribution in [3.63, 3.8) is 0 Å². The molecule has 0 fully saturated rings. The Balaban J connectivity index is 0.000000134. The fraction of sp³-hybridized carbons (Fsp3) is 0.143. The Labute approximate surface area is 110 Å². The molecule has 0 aliphatic heterocycles. The van der Waals surface area contributed by atoms with Gasteiger partial charge in [0.25, 0.3) is 0 Å². The summed E-state index contributed by atoms with van der Waals surface area (Å²) in [5.74, 6) is 0. The topological polar surface area (TPSA) is 26.0 Å². The second-order valence-corrected chi connectivity index (χ2v) is 5.05. The maximum absolute atomic E-state index is 5.71. The molecule has 1 nitrogen and oxygen atoms in total. The lowest BCUT2D eigenvalue weighted by molar-refractivity contribution is 0.813. The van der Waals surface area contributed by atoms with Crippen molar-refractivity contribution in [1.82, 2.24) is 0 Å². The van der Waals surface area contributed by atoms with E-state index < -0.39 is 0 Å². The van der Waals surface area contributed by atoms with Crippen molar-refractivity contribution < 1.29 is 0 Å². The molecule has 2 aliphatic rings. The van der Waals surface area contributed by atoms with Crippen LogP contribution >= 0.6 is 22.6 Å². The zero-order valence-corrected chi connectivity index (χ0v) is 11.3. The number of hydrogen-bond donors (Lipinski definition) is 1. The molecule has 2 aliphatic carbocycles. The van der Waals surface area contributed by atoms with Gasteiger partial charge in [-0.2, -0.15) is 0 Å². The number of halogens is 1. The fourth-order valence-electron chi connectivity index (χ4n) is 1.51. The highest BCUT2D eigenvalue weighted by atomic mass is 127. The highest BCUT2D eigenvalue weighted by Gasteiger charge is 2.04. The van der Waals surface area contributed by atoms with Gasteiger partial charge in [-0.15, -0.1) is 0 Å². The van der Waals surface area contributed by atoms with E-state index >= 15 is 0 Å². The predicted octanol–water partition coefficient (Wildman–Crippen LogP) is 3.98. The molecule has 1 aromatic rings. The average molecular weight is 323 g/mol. The quantitative estimate of drug-likeness (QED) is 0.674. The first-order valence-electron chi connectivity index (χ1n) is 5.29. The Morgan fingerprint density at radius 3 is 1.69 bits per heavy atom. The van der Waals surface area contributed by atoms with E-state index in [0.717, 1.165) is 0 Å². The monoisotopic (exact) mass is 323 g/mol. The smallest absolute Gasteiger partial charge is 0.0276 e. The van der Waals surface area contributed by atoms with Gasteiger partial charge in [0.15, 0.2) is 0 Å². The van der Waals surface area contributed by atoms with Gasteiger partial charge < -0.3 is 5.73 Å². The first-order chi connectivity index (χ1) is 7.68. The molecule has 0 saturated carbocycles. The summed E-state index contributed by atoms with van der Waals surface area (Å²) in [7, 11) is 0. The minimum absolute atomic E-state index is 0.146. The predicted molar refractivity (Wildman–Crippen MR) is 77.2 cm³/mol. The second-order valence-electron chi connectivity index (χ2n) is 3.89. The first-order valence-corrected chi connectivity index (χ1v) is 6.37. The van der Waals surface area contributed by atoms with Crippen molar-refractivity contribution in [3.8, 4) is 11.1 Å². The van der Waals surface area contributed by atoms with Crippen molar-refractivity contribution in [1.29, 1.82) is 0 Å². The molecule has 1 unspecified atom stereocenters. The van der Waals surface area contributed by atoms with E-state index in [1.165, 1.54) is 20.3 Å². The van der Waals surface area contributed by atoms with Crippen LogP contribution < -0.4 is 5.73 Å².